The molecule has 0 fully saturated rings. The van der Waals surface area contributed by atoms with Gasteiger partial charge >= 0.3 is 11.9 Å². The monoisotopic (exact) mass is 231 g/mol. The fourth-order valence-corrected chi connectivity index (χ4v) is 1.43. The number of carboxylic acid groups (broad SMARTS) is 2. The molecule has 0 aliphatic rings. The standard InChI is InChI=1S/C10H17NO5/c1-3-4-8(10(15)16)11(7(2)12)6-5-9(13)14/h8H,3-6H2,1-2H3,(H,13,14)(H,15,16). The van der Waals surface area contributed by atoms with Crippen LogP contribution >= 0.6 is 0 Å². The zero-order valence-electron chi connectivity index (χ0n) is 9.47. The van der Waals surface area contributed by atoms with Gasteiger partial charge in [0.15, 0.2) is 0 Å². The van der Waals surface area contributed by atoms with Gasteiger partial charge in [-0.1, -0.05) is 13.3 Å². The molecule has 0 bridgehead atoms. The van der Waals surface area contributed by atoms with Gasteiger partial charge in [-0.05, 0) is 6.42 Å². The zero-order chi connectivity index (χ0) is 12.7. The van der Waals surface area contributed by atoms with Crippen LogP contribution in [-0.2, 0) is 14.4 Å². The second-order valence-corrected chi connectivity index (χ2v) is 3.50. The third kappa shape index (κ3) is 4.77. The Morgan fingerprint density at radius 1 is 1.25 bits per heavy atom. The summed E-state index contributed by atoms with van der Waals surface area (Å²) in [6.45, 7) is 2.99. The maximum Gasteiger partial charge on any atom is 0.326 e. The van der Waals surface area contributed by atoms with Gasteiger partial charge in [0.1, 0.15) is 6.04 Å². The van der Waals surface area contributed by atoms with Gasteiger partial charge in [-0.3, -0.25) is 9.59 Å². The molecule has 0 saturated heterocycles. The SMILES string of the molecule is CCCC(C(=O)O)N(CCC(=O)O)C(C)=O. The number of carboxylic acids is 2. The topological polar surface area (TPSA) is 94.9 Å². The summed E-state index contributed by atoms with van der Waals surface area (Å²) >= 11 is 0. The minimum absolute atomic E-state index is 0.0678. The number of amides is 1. The molecule has 0 aromatic heterocycles. The van der Waals surface area contributed by atoms with Gasteiger partial charge in [-0.2, -0.15) is 0 Å². The van der Waals surface area contributed by atoms with Crippen molar-refractivity contribution in [3.63, 3.8) is 0 Å². The Kier molecular flexibility index (Phi) is 6.14. The molecule has 0 aliphatic carbocycles. The highest BCUT2D eigenvalue weighted by atomic mass is 16.4. The zero-order valence-corrected chi connectivity index (χ0v) is 9.47. The van der Waals surface area contributed by atoms with Crippen molar-refractivity contribution in [2.24, 2.45) is 0 Å². The largest absolute Gasteiger partial charge is 0.481 e. The van der Waals surface area contributed by atoms with Crippen LogP contribution in [-0.4, -0.2) is 45.5 Å². The molecule has 6 heteroatoms. The molecule has 92 valence electrons. The predicted octanol–water partition coefficient (Wildman–Crippen LogP) is 0.563. The van der Waals surface area contributed by atoms with Crippen molar-refractivity contribution < 1.29 is 24.6 Å². The highest BCUT2D eigenvalue weighted by Gasteiger charge is 2.26. The van der Waals surface area contributed by atoms with E-state index in [1.165, 1.54) is 6.92 Å². The van der Waals surface area contributed by atoms with E-state index in [4.69, 9.17) is 10.2 Å². The van der Waals surface area contributed by atoms with Gasteiger partial charge in [0.25, 0.3) is 0 Å². The molecule has 1 amide bonds. The van der Waals surface area contributed by atoms with Crippen molar-refractivity contribution in [2.45, 2.75) is 39.2 Å². The normalized spacial score (nSPS) is 11.9. The second kappa shape index (κ2) is 6.81. The van der Waals surface area contributed by atoms with E-state index in [1.54, 1.807) is 0 Å². The van der Waals surface area contributed by atoms with Crippen LogP contribution in [0.4, 0.5) is 0 Å². The van der Waals surface area contributed by atoms with Crippen LogP contribution in [0.1, 0.15) is 33.1 Å². The van der Waals surface area contributed by atoms with Crippen LogP contribution in [0.2, 0.25) is 0 Å². The third-order valence-electron chi connectivity index (χ3n) is 2.19. The molecular weight excluding hydrogens is 214 g/mol. The van der Waals surface area contributed by atoms with Crippen molar-refractivity contribution in [3.8, 4) is 0 Å². The van der Waals surface area contributed by atoms with Crippen molar-refractivity contribution in [2.75, 3.05) is 6.54 Å². The first kappa shape index (κ1) is 14.4. The first-order valence-corrected chi connectivity index (χ1v) is 5.12. The van der Waals surface area contributed by atoms with E-state index in [1.807, 2.05) is 6.92 Å². The van der Waals surface area contributed by atoms with Crippen LogP contribution < -0.4 is 0 Å². The summed E-state index contributed by atoms with van der Waals surface area (Å²) in [4.78, 5) is 33.7. The van der Waals surface area contributed by atoms with Gasteiger partial charge in [-0.15, -0.1) is 0 Å². The van der Waals surface area contributed by atoms with Crippen LogP contribution in [0.3, 0.4) is 0 Å². The smallest absolute Gasteiger partial charge is 0.326 e. The van der Waals surface area contributed by atoms with E-state index in [0.717, 1.165) is 4.90 Å². The maximum atomic E-state index is 11.2. The molecule has 0 heterocycles. The fraction of sp³-hybridized carbons (Fsp3) is 0.700. The summed E-state index contributed by atoms with van der Waals surface area (Å²) in [6.07, 6.45) is 0.704. The number of hydrogen-bond acceptors (Lipinski definition) is 3. The number of aliphatic carboxylic acids is 2. The lowest BCUT2D eigenvalue weighted by molar-refractivity contribution is -0.151. The highest BCUT2D eigenvalue weighted by Crippen LogP contribution is 2.09. The van der Waals surface area contributed by atoms with Crippen molar-refractivity contribution in [1.82, 2.24) is 4.90 Å². The number of carbonyl (C=O) groups is 3. The number of rotatable bonds is 7. The Balaban J connectivity index is 4.64. The van der Waals surface area contributed by atoms with Gasteiger partial charge in [0.2, 0.25) is 5.91 Å². The quantitative estimate of drug-likeness (QED) is 0.667. The summed E-state index contributed by atoms with van der Waals surface area (Å²) in [5.41, 5.74) is 0. The molecule has 0 aromatic carbocycles. The lowest BCUT2D eigenvalue weighted by Gasteiger charge is -2.27. The average molecular weight is 231 g/mol. The molecule has 2 N–H and O–H groups in total. The third-order valence-corrected chi connectivity index (χ3v) is 2.19. The van der Waals surface area contributed by atoms with E-state index < -0.39 is 23.9 Å². The number of nitrogens with zero attached hydrogens (tertiary/aromatic N) is 1. The minimum Gasteiger partial charge on any atom is -0.481 e. The summed E-state index contributed by atoms with van der Waals surface area (Å²) in [7, 11) is 0. The van der Waals surface area contributed by atoms with E-state index in [2.05, 4.69) is 0 Å². The van der Waals surface area contributed by atoms with Gasteiger partial charge in [0, 0.05) is 13.5 Å². The van der Waals surface area contributed by atoms with E-state index >= 15 is 0 Å². The molecular formula is C10H17NO5. The van der Waals surface area contributed by atoms with Crippen molar-refractivity contribution in [3.05, 3.63) is 0 Å². The molecule has 0 aromatic rings. The van der Waals surface area contributed by atoms with Crippen LogP contribution in [0.15, 0.2) is 0 Å². The molecule has 0 spiro atoms. The van der Waals surface area contributed by atoms with Crippen LogP contribution in [0, 0.1) is 0 Å². The molecule has 1 atom stereocenters. The molecule has 1 unspecified atom stereocenters. The van der Waals surface area contributed by atoms with Gasteiger partial charge < -0.3 is 15.1 Å². The first-order valence-electron chi connectivity index (χ1n) is 5.12. The number of carbonyl (C=O) groups excluding carboxylic acids is 1. The van der Waals surface area contributed by atoms with E-state index in [-0.39, 0.29) is 13.0 Å². The molecule has 0 rings (SSSR count). The molecule has 0 aliphatic heterocycles. The summed E-state index contributed by atoms with van der Waals surface area (Å²) in [6, 6.07) is -0.929. The average Bonchev–Trinajstić information content (AvgIpc) is 2.15. The van der Waals surface area contributed by atoms with Crippen LogP contribution in [0.5, 0.6) is 0 Å². The van der Waals surface area contributed by atoms with E-state index in [9.17, 15) is 14.4 Å². The van der Waals surface area contributed by atoms with Crippen LogP contribution in [0.25, 0.3) is 0 Å². The Labute approximate surface area is 93.9 Å². The maximum absolute atomic E-state index is 11.2. The Morgan fingerprint density at radius 2 is 1.81 bits per heavy atom. The Bertz CT molecular complexity index is 276. The summed E-state index contributed by atoms with van der Waals surface area (Å²) in [5, 5.41) is 17.5. The fourth-order valence-electron chi connectivity index (χ4n) is 1.43. The van der Waals surface area contributed by atoms with Crippen molar-refractivity contribution in [1.29, 1.82) is 0 Å². The number of hydrogen-bond donors (Lipinski definition) is 2. The summed E-state index contributed by atoms with van der Waals surface area (Å²) < 4.78 is 0. The van der Waals surface area contributed by atoms with Gasteiger partial charge in [-0.25, -0.2) is 4.79 Å². The molecule has 0 saturated carbocycles. The minimum atomic E-state index is -1.09. The Morgan fingerprint density at radius 3 is 2.12 bits per heavy atom. The first-order chi connectivity index (χ1) is 7.40. The highest BCUT2D eigenvalue weighted by molar-refractivity contribution is 5.82. The summed E-state index contributed by atoms with van der Waals surface area (Å²) in [5.74, 6) is -2.56. The molecule has 0 radical (unpaired) electrons. The molecule has 6 nitrogen and oxygen atoms in total. The Hall–Kier alpha value is -1.59. The lowest BCUT2D eigenvalue weighted by Crippen LogP contribution is -2.45. The van der Waals surface area contributed by atoms with E-state index in [0.29, 0.717) is 12.8 Å². The molecule has 16 heavy (non-hydrogen) atoms. The van der Waals surface area contributed by atoms with Gasteiger partial charge in [0.05, 0.1) is 6.42 Å². The second-order valence-electron chi connectivity index (χ2n) is 3.50. The predicted molar refractivity (Wildman–Crippen MR) is 56.0 cm³/mol. The lowest BCUT2D eigenvalue weighted by atomic mass is 10.1. The van der Waals surface area contributed by atoms with Crippen molar-refractivity contribution >= 4 is 17.8 Å².